The molecule has 1 aliphatic heterocycles. The number of rotatable bonds is 5. The standard InChI is InChI=1S/C14H17F4NO/c1-13(2)6-10-5-9(3-4-11(10)20-13)7-19-8-14(17,18)12(15)16/h3-5,12,19H,6-8H2,1-2H3. The molecule has 0 radical (unpaired) electrons. The van der Waals surface area contributed by atoms with E-state index in [1.54, 1.807) is 12.1 Å². The fourth-order valence-corrected chi connectivity index (χ4v) is 2.22. The predicted octanol–water partition coefficient (Wildman–Crippen LogP) is 3.39. The predicted molar refractivity (Wildman–Crippen MR) is 67.5 cm³/mol. The van der Waals surface area contributed by atoms with Crippen LogP contribution < -0.4 is 10.1 Å². The number of fused-ring (bicyclic) bond motifs is 1. The number of alkyl halides is 4. The minimum Gasteiger partial charge on any atom is -0.487 e. The quantitative estimate of drug-likeness (QED) is 0.840. The number of benzene rings is 1. The molecule has 1 N–H and O–H groups in total. The number of hydrogen-bond acceptors (Lipinski definition) is 2. The highest BCUT2D eigenvalue weighted by molar-refractivity contribution is 5.41. The Morgan fingerprint density at radius 2 is 2.05 bits per heavy atom. The molecule has 1 aliphatic rings. The van der Waals surface area contributed by atoms with E-state index in [0.29, 0.717) is 0 Å². The highest BCUT2D eigenvalue weighted by Crippen LogP contribution is 2.35. The van der Waals surface area contributed by atoms with Crippen LogP contribution in [0.1, 0.15) is 25.0 Å². The lowest BCUT2D eigenvalue weighted by molar-refractivity contribution is -0.125. The van der Waals surface area contributed by atoms with Crippen LogP contribution in [0.4, 0.5) is 17.6 Å². The minimum atomic E-state index is -4.00. The van der Waals surface area contributed by atoms with E-state index in [1.165, 1.54) is 0 Å². The van der Waals surface area contributed by atoms with Gasteiger partial charge in [-0.25, -0.2) is 8.78 Å². The van der Waals surface area contributed by atoms with Crippen LogP contribution in [-0.2, 0) is 13.0 Å². The van der Waals surface area contributed by atoms with Crippen LogP contribution in [0.3, 0.4) is 0 Å². The molecule has 2 nitrogen and oxygen atoms in total. The molecule has 0 fully saturated rings. The number of hydrogen-bond donors (Lipinski definition) is 1. The first-order chi connectivity index (χ1) is 9.20. The Labute approximate surface area is 115 Å². The average Bonchev–Trinajstić information content (AvgIpc) is 2.61. The van der Waals surface area contributed by atoms with Gasteiger partial charge in [0, 0.05) is 13.0 Å². The van der Waals surface area contributed by atoms with Crippen molar-refractivity contribution < 1.29 is 22.3 Å². The summed E-state index contributed by atoms with van der Waals surface area (Å²) in [6.07, 6.45) is -2.91. The number of ether oxygens (including phenoxy) is 1. The van der Waals surface area contributed by atoms with Gasteiger partial charge in [0.1, 0.15) is 11.4 Å². The zero-order valence-corrected chi connectivity index (χ0v) is 11.4. The van der Waals surface area contributed by atoms with E-state index in [-0.39, 0.29) is 12.1 Å². The fourth-order valence-electron chi connectivity index (χ4n) is 2.22. The minimum absolute atomic E-state index is 0.121. The molecule has 1 aromatic carbocycles. The highest BCUT2D eigenvalue weighted by Gasteiger charge is 2.40. The van der Waals surface area contributed by atoms with E-state index in [9.17, 15) is 17.6 Å². The molecule has 0 bridgehead atoms. The molecule has 0 spiro atoms. The topological polar surface area (TPSA) is 21.3 Å². The summed E-state index contributed by atoms with van der Waals surface area (Å²) in [5, 5.41) is 2.36. The van der Waals surface area contributed by atoms with Crippen molar-refractivity contribution in [2.24, 2.45) is 0 Å². The summed E-state index contributed by atoms with van der Waals surface area (Å²) in [5.74, 6) is -3.21. The van der Waals surface area contributed by atoms with E-state index < -0.39 is 18.9 Å². The maximum atomic E-state index is 12.7. The van der Waals surface area contributed by atoms with E-state index >= 15 is 0 Å². The van der Waals surface area contributed by atoms with Crippen molar-refractivity contribution in [3.8, 4) is 5.75 Å². The van der Waals surface area contributed by atoms with Crippen molar-refractivity contribution >= 4 is 0 Å². The van der Waals surface area contributed by atoms with Gasteiger partial charge in [-0.05, 0) is 31.0 Å². The van der Waals surface area contributed by atoms with Crippen molar-refractivity contribution in [2.75, 3.05) is 6.54 Å². The van der Waals surface area contributed by atoms with Gasteiger partial charge < -0.3 is 10.1 Å². The van der Waals surface area contributed by atoms with Gasteiger partial charge in [0.25, 0.3) is 0 Å². The summed E-state index contributed by atoms with van der Waals surface area (Å²) in [4.78, 5) is 0. The second-order valence-corrected chi connectivity index (χ2v) is 5.65. The second-order valence-electron chi connectivity index (χ2n) is 5.65. The maximum absolute atomic E-state index is 12.7. The molecule has 1 heterocycles. The van der Waals surface area contributed by atoms with Crippen LogP contribution in [0, 0.1) is 0 Å². The lowest BCUT2D eigenvalue weighted by Crippen LogP contribution is -2.38. The zero-order valence-electron chi connectivity index (χ0n) is 11.4. The van der Waals surface area contributed by atoms with Crippen molar-refractivity contribution in [2.45, 2.75) is 44.8 Å². The van der Waals surface area contributed by atoms with Gasteiger partial charge in [0.05, 0.1) is 6.54 Å². The lowest BCUT2D eigenvalue weighted by atomic mass is 10.0. The first-order valence-corrected chi connectivity index (χ1v) is 6.37. The molecule has 0 amide bonds. The van der Waals surface area contributed by atoms with Gasteiger partial charge in [-0.1, -0.05) is 12.1 Å². The first kappa shape index (κ1) is 15.1. The van der Waals surface area contributed by atoms with Crippen LogP contribution in [-0.4, -0.2) is 24.5 Å². The molecule has 1 aromatic rings. The van der Waals surface area contributed by atoms with Crippen molar-refractivity contribution in [3.05, 3.63) is 29.3 Å². The zero-order chi connectivity index (χ0) is 15.0. The third-order valence-corrected chi connectivity index (χ3v) is 3.14. The average molecular weight is 291 g/mol. The summed E-state index contributed by atoms with van der Waals surface area (Å²) >= 11 is 0. The number of halogens is 4. The Morgan fingerprint density at radius 1 is 1.35 bits per heavy atom. The SMILES string of the molecule is CC1(C)Cc2cc(CNCC(F)(F)C(F)F)ccc2O1. The molecular formula is C14H17F4NO. The molecule has 112 valence electrons. The molecule has 0 saturated carbocycles. The van der Waals surface area contributed by atoms with E-state index in [4.69, 9.17) is 4.74 Å². The summed E-state index contributed by atoms with van der Waals surface area (Å²) in [7, 11) is 0. The Kier molecular flexibility index (Phi) is 3.95. The highest BCUT2D eigenvalue weighted by atomic mass is 19.3. The molecular weight excluding hydrogens is 274 g/mol. The monoisotopic (exact) mass is 291 g/mol. The lowest BCUT2D eigenvalue weighted by Gasteiger charge is -2.16. The van der Waals surface area contributed by atoms with Crippen molar-refractivity contribution in [3.63, 3.8) is 0 Å². The van der Waals surface area contributed by atoms with E-state index in [0.717, 1.165) is 23.3 Å². The largest absolute Gasteiger partial charge is 0.487 e. The molecule has 0 saturated heterocycles. The van der Waals surface area contributed by atoms with Crippen molar-refractivity contribution in [1.82, 2.24) is 5.32 Å². The van der Waals surface area contributed by atoms with Gasteiger partial charge in [-0.3, -0.25) is 0 Å². The maximum Gasteiger partial charge on any atom is 0.319 e. The normalized spacial score (nSPS) is 17.1. The molecule has 0 aromatic heterocycles. The number of nitrogens with one attached hydrogen (secondary N) is 1. The summed E-state index contributed by atoms with van der Waals surface area (Å²) < 4.78 is 55.2. The molecule has 6 heteroatoms. The summed E-state index contributed by atoms with van der Waals surface area (Å²) in [6.45, 7) is 3.02. The van der Waals surface area contributed by atoms with Crippen molar-refractivity contribution in [1.29, 1.82) is 0 Å². The first-order valence-electron chi connectivity index (χ1n) is 6.37. The van der Waals surface area contributed by atoms with Crippen LogP contribution in [0.15, 0.2) is 18.2 Å². The third kappa shape index (κ3) is 3.42. The Morgan fingerprint density at radius 3 is 2.70 bits per heavy atom. The van der Waals surface area contributed by atoms with Gasteiger partial charge in [0.2, 0.25) is 0 Å². The van der Waals surface area contributed by atoms with Crippen LogP contribution in [0.2, 0.25) is 0 Å². The van der Waals surface area contributed by atoms with Crippen LogP contribution in [0.25, 0.3) is 0 Å². The smallest absolute Gasteiger partial charge is 0.319 e. The van der Waals surface area contributed by atoms with Gasteiger partial charge >= 0.3 is 12.3 Å². The van der Waals surface area contributed by atoms with Crippen LogP contribution in [0.5, 0.6) is 5.75 Å². The molecule has 0 atom stereocenters. The Balaban J connectivity index is 1.93. The fraction of sp³-hybridized carbons (Fsp3) is 0.571. The second kappa shape index (κ2) is 5.24. The molecule has 2 rings (SSSR count). The summed E-state index contributed by atoms with van der Waals surface area (Å²) in [5.41, 5.74) is 1.52. The van der Waals surface area contributed by atoms with E-state index in [1.807, 2.05) is 19.9 Å². The molecule has 0 unspecified atom stereocenters. The van der Waals surface area contributed by atoms with Gasteiger partial charge in [-0.2, -0.15) is 8.78 Å². The van der Waals surface area contributed by atoms with E-state index in [2.05, 4.69) is 5.32 Å². The summed E-state index contributed by atoms with van der Waals surface area (Å²) in [6, 6.07) is 5.39. The Bertz CT molecular complexity index is 488. The van der Waals surface area contributed by atoms with Gasteiger partial charge in [-0.15, -0.1) is 0 Å². The van der Waals surface area contributed by atoms with Crippen LogP contribution >= 0.6 is 0 Å². The Hall–Kier alpha value is -1.30. The molecule has 20 heavy (non-hydrogen) atoms. The van der Waals surface area contributed by atoms with Gasteiger partial charge in [0.15, 0.2) is 0 Å². The molecule has 0 aliphatic carbocycles. The third-order valence-electron chi connectivity index (χ3n) is 3.14.